The molecule has 128 valence electrons. The van der Waals surface area contributed by atoms with Crippen LogP contribution >= 0.6 is 23.4 Å². The summed E-state index contributed by atoms with van der Waals surface area (Å²) in [5.41, 5.74) is 1.31. The van der Waals surface area contributed by atoms with Gasteiger partial charge in [0.2, 0.25) is 0 Å². The Morgan fingerprint density at radius 1 is 1.33 bits per heavy atom. The van der Waals surface area contributed by atoms with Crippen LogP contribution in [0.25, 0.3) is 5.69 Å². The molecule has 1 aliphatic heterocycles. The molecule has 0 saturated carbocycles. The maximum absolute atomic E-state index is 12.8. The SMILES string of the molecule is CS[C@@H]1CN(C(=O)c2ccn(-c3cccc(Cl)c3)n2)C[C@H]1N(C)C. The predicted molar refractivity (Wildman–Crippen MR) is 99.3 cm³/mol. The number of thioether (sulfide) groups is 1. The first-order valence-corrected chi connectivity index (χ1v) is 9.46. The Balaban J connectivity index is 1.77. The highest BCUT2D eigenvalue weighted by molar-refractivity contribution is 7.99. The Morgan fingerprint density at radius 2 is 2.12 bits per heavy atom. The van der Waals surface area contributed by atoms with Crippen LogP contribution in [0.15, 0.2) is 36.5 Å². The fourth-order valence-electron chi connectivity index (χ4n) is 3.01. The molecule has 5 nitrogen and oxygen atoms in total. The summed E-state index contributed by atoms with van der Waals surface area (Å²) in [4.78, 5) is 16.9. The van der Waals surface area contributed by atoms with Crippen molar-refractivity contribution in [2.75, 3.05) is 33.4 Å². The van der Waals surface area contributed by atoms with Gasteiger partial charge in [0.05, 0.1) is 5.69 Å². The summed E-state index contributed by atoms with van der Waals surface area (Å²) < 4.78 is 1.69. The zero-order valence-electron chi connectivity index (χ0n) is 14.0. The molecule has 24 heavy (non-hydrogen) atoms. The van der Waals surface area contributed by atoms with Crippen molar-refractivity contribution in [3.63, 3.8) is 0 Å². The Labute approximate surface area is 151 Å². The van der Waals surface area contributed by atoms with Gasteiger partial charge in [-0.1, -0.05) is 17.7 Å². The van der Waals surface area contributed by atoms with Crippen molar-refractivity contribution >= 4 is 29.3 Å². The molecular weight excluding hydrogens is 344 g/mol. The van der Waals surface area contributed by atoms with Crippen LogP contribution in [0.5, 0.6) is 0 Å². The standard InChI is InChI=1S/C17H21ClN4OS/c1-20(2)15-10-21(11-16(15)24-3)17(23)14-7-8-22(19-14)13-6-4-5-12(18)9-13/h4-9,15-16H,10-11H2,1-3H3/t15-,16-/m1/s1. The van der Waals surface area contributed by atoms with E-state index in [9.17, 15) is 4.79 Å². The number of likely N-dealkylation sites (N-methyl/N-ethyl adjacent to an activating group) is 1. The molecule has 0 radical (unpaired) electrons. The molecule has 2 atom stereocenters. The molecule has 3 rings (SSSR count). The minimum Gasteiger partial charge on any atom is -0.334 e. The van der Waals surface area contributed by atoms with Gasteiger partial charge < -0.3 is 9.80 Å². The molecule has 0 unspecified atom stereocenters. The second kappa shape index (κ2) is 7.17. The first kappa shape index (κ1) is 17.3. The van der Waals surface area contributed by atoms with E-state index in [0.717, 1.165) is 18.8 Å². The molecule has 2 aromatic rings. The van der Waals surface area contributed by atoms with Crippen molar-refractivity contribution < 1.29 is 4.79 Å². The monoisotopic (exact) mass is 364 g/mol. The third-order valence-corrected chi connectivity index (χ3v) is 5.67. The molecule has 1 fully saturated rings. The van der Waals surface area contributed by atoms with Crippen LogP contribution in [0.1, 0.15) is 10.5 Å². The number of benzene rings is 1. The molecule has 7 heteroatoms. The van der Waals surface area contributed by atoms with Gasteiger partial charge in [-0.25, -0.2) is 4.68 Å². The lowest BCUT2D eigenvalue weighted by Crippen LogP contribution is -2.37. The van der Waals surface area contributed by atoms with Gasteiger partial charge >= 0.3 is 0 Å². The van der Waals surface area contributed by atoms with Crippen LogP contribution in [-0.2, 0) is 0 Å². The van der Waals surface area contributed by atoms with E-state index in [2.05, 4.69) is 30.3 Å². The lowest BCUT2D eigenvalue weighted by atomic mass is 10.2. The molecule has 0 aliphatic carbocycles. The van der Waals surface area contributed by atoms with Crippen LogP contribution in [0, 0.1) is 0 Å². The van der Waals surface area contributed by atoms with E-state index in [0.29, 0.717) is 22.0 Å². The number of aromatic nitrogens is 2. The van der Waals surface area contributed by atoms with E-state index in [1.165, 1.54) is 0 Å². The van der Waals surface area contributed by atoms with E-state index in [4.69, 9.17) is 11.6 Å². The zero-order chi connectivity index (χ0) is 17.3. The lowest BCUT2D eigenvalue weighted by Gasteiger charge is -2.23. The van der Waals surface area contributed by atoms with Crippen molar-refractivity contribution in [2.24, 2.45) is 0 Å². The van der Waals surface area contributed by atoms with Crippen molar-refractivity contribution in [1.29, 1.82) is 0 Å². The largest absolute Gasteiger partial charge is 0.334 e. The van der Waals surface area contributed by atoms with Gasteiger partial charge in [0.1, 0.15) is 0 Å². The van der Waals surface area contributed by atoms with E-state index in [1.807, 2.05) is 40.9 Å². The number of likely N-dealkylation sites (tertiary alicyclic amines) is 1. The predicted octanol–water partition coefficient (Wildman–Crippen LogP) is 2.64. The lowest BCUT2D eigenvalue weighted by molar-refractivity contribution is 0.0777. The number of carbonyl (C=O) groups is 1. The molecule has 1 aromatic carbocycles. The number of carbonyl (C=O) groups excluding carboxylic acids is 1. The van der Waals surface area contributed by atoms with Crippen LogP contribution < -0.4 is 0 Å². The highest BCUT2D eigenvalue weighted by atomic mass is 35.5. The first-order valence-electron chi connectivity index (χ1n) is 7.79. The summed E-state index contributed by atoms with van der Waals surface area (Å²) in [5.74, 6) is -0.0146. The average molecular weight is 365 g/mol. The summed E-state index contributed by atoms with van der Waals surface area (Å²) in [6.45, 7) is 1.49. The molecule has 2 heterocycles. The Morgan fingerprint density at radius 3 is 2.75 bits per heavy atom. The first-order chi connectivity index (χ1) is 11.5. The molecule has 0 bridgehead atoms. The molecule has 1 amide bonds. The minimum absolute atomic E-state index is 0.0146. The summed E-state index contributed by atoms with van der Waals surface area (Å²) >= 11 is 7.84. The summed E-state index contributed by atoms with van der Waals surface area (Å²) in [6, 6.07) is 9.56. The van der Waals surface area contributed by atoms with Gasteiger partial charge in [-0.15, -0.1) is 0 Å². The van der Waals surface area contributed by atoms with Crippen molar-refractivity contribution in [3.8, 4) is 5.69 Å². The molecular formula is C17H21ClN4OS. The number of hydrogen-bond donors (Lipinski definition) is 0. The number of hydrogen-bond acceptors (Lipinski definition) is 4. The quantitative estimate of drug-likeness (QED) is 0.836. The fourth-order valence-corrected chi connectivity index (χ4v) is 4.17. The van der Waals surface area contributed by atoms with Gasteiger partial charge in [-0.2, -0.15) is 16.9 Å². The number of nitrogens with zero attached hydrogens (tertiary/aromatic N) is 4. The number of rotatable bonds is 4. The van der Waals surface area contributed by atoms with Crippen LogP contribution in [0.3, 0.4) is 0 Å². The Kier molecular flexibility index (Phi) is 5.18. The normalized spacial score (nSPS) is 20.8. The van der Waals surface area contributed by atoms with E-state index in [1.54, 1.807) is 16.9 Å². The molecule has 1 aliphatic rings. The molecule has 1 saturated heterocycles. The second-order valence-corrected chi connectivity index (χ2v) is 7.65. The van der Waals surface area contributed by atoms with Gasteiger partial charge in [0, 0.05) is 35.6 Å². The summed E-state index contributed by atoms with van der Waals surface area (Å²) in [7, 11) is 4.13. The van der Waals surface area contributed by atoms with E-state index < -0.39 is 0 Å². The maximum Gasteiger partial charge on any atom is 0.274 e. The summed E-state index contributed by atoms with van der Waals surface area (Å²) in [5, 5.41) is 5.51. The minimum atomic E-state index is -0.0146. The number of halogens is 1. The van der Waals surface area contributed by atoms with Crippen molar-refractivity contribution in [2.45, 2.75) is 11.3 Å². The fraction of sp³-hybridized carbons (Fsp3) is 0.412. The zero-order valence-corrected chi connectivity index (χ0v) is 15.6. The second-order valence-electron chi connectivity index (χ2n) is 6.14. The molecule has 1 aromatic heterocycles. The van der Waals surface area contributed by atoms with Crippen LogP contribution in [0.2, 0.25) is 5.02 Å². The third kappa shape index (κ3) is 3.45. The van der Waals surface area contributed by atoms with E-state index >= 15 is 0 Å². The maximum atomic E-state index is 12.8. The Hall–Kier alpha value is -1.50. The summed E-state index contributed by atoms with van der Waals surface area (Å²) in [6.07, 6.45) is 3.90. The molecule has 0 N–H and O–H groups in total. The van der Waals surface area contributed by atoms with Crippen molar-refractivity contribution in [3.05, 3.63) is 47.2 Å². The van der Waals surface area contributed by atoms with Gasteiger partial charge in [0.25, 0.3) is 5.91 Å². The van der Waals surface area contributed by atoms with Gasteiger partial charge in [-0.3, -0.25) is 4.79 Å². The average Bonchev–Trinajstić information content (AvgIpc) is 3.21. The third-order valence-electron chi connectivity index (χ3n) is 4.37. The van der Waals surface area contributed by atoms with Gasteiger partial charge in [0.15, 0.2) is 5.69 Å². The van der Waals surface area contributed by atoms with Gasteiger partial charge in [-0.05, 0) is 44.6 Å². The topological polar surface area (TPSA) is 41.4 Å². The van der Waals surface area contributed by atoms with E-state index in [-0.39, 0.29) is 5.91 Å². The highest BCUT2D eigenvalue weighted by Crippen LogP contribution is 2.25. The Bertz CT molecular complexity index is 733. The van der Waals surface area contributed by atoms with Crippen LogP contribution in [0.4, 0.5) is 0 Å². The van der Waals surface area contributed by atoms with Crippen LogP contribution in [-0.4, -0.2) is 70.2 Å². The smallest absolute Gasteiger partial charge is 0.274 e. The molecule has 0 spiro atoms. The highest BCUT2D eigenvalue weighted by Gasteiger charge is 2.36. The number of amides is 1. The van der Waals surface area contributed by atoms with Crippen molar-refractivity contribution in [1.82, 2.24) is 19.6 Å².